The summed E-state index contributed by atoms with van der Waals surface area (Å²) in [6.07, 6.45) is 4.14. The number of hydrogen-bond acceptors (Lipinski definition) is 3. The molecule has 1 aromatic rings. The number of carbonyl (C=O) groups excluding carboxylic acids is 1. The van der Waals surface area contributed by atoms with Crippen molar-refractivity contribution in [3.05, 3.63) is 18.2 Å². The molecule has 1 spiro atoms. The van der Waals surface area contributed by atoms with Crippen molar-refractivity contribution in [2.45, 2.75) is 49.2 Å². The first-order valence-electron chi connectivity index (χ1n) is 7.21. The minimum Gasteiger partial charge on any atom is -0.366 e. The van der Waals surface area contributed by atoms with Gasteiger partial charge in [0.1, 0.15) is 0 Å². The Labute approximate surface area is 120 Å². The predicted octanol–water partition coefficient (Wildman–Crippen LogP) is 1.59. The summed E-state index contributed by atoms with van der Waals surface area (Å²) in [5.74, 6) is -3.04. The molecule has 5 nitrogen and oxygen atoms in total. The highest BCUT2D eigenvalue weighted by Crippen LogP contribution is 2.64. The summed E-state index contributed by atoms with van der Waals surface area (Å²) in [6.45, 7) is 1.94. The van der Waals surface area contributed by atoms with E-state index in [1.165, 1.54) is 0 Å². The van der Waals surface area contributed by atoms with Crippen molar-refractivity contribution in [2.24, 2.45) is 5.92 Å². The molecule has 0 bridgehead atoms. The lowest BCUT2D eigenvalue weighted by Gasteiger charge is -2.31. The van der Waals surface area contributed by atoms with Crippen LogP contribution >= 0.6 is 0 Å². The average molecular weight is 297 g/mol. The molecule has 1 aliphatic heterocycles. The van der Waals surface area contributed by atoms with E-state index in [1.54, 1.807) is 19.4 Å². The van der Waals surface area contributed by atoms with E-state index in [4.69, 9.17) is 4.74 Å². The van der Waals surface area contributed by atoms with Crippen LogP contribution < -0.4 is 5.32 Å². The van der Waals surface area contributed by atoms with Gasteiger partial charge in [-0.15, -0.1) is 0 Å². The van der Waals surface area contributed by atoms with Crippen molar-refractivity contribution >= 4 is 5.91 Å². The molecule has 1 aromatic heterocycles. The number of imidazole rings is 1. The molecule has 0 aromatic carbocycles. The fourth-order valence-electron chi connectivity index (χ4n) is 3.64. The van der Waals surface area contributed by atoms with E-state index in [-0.39, 0.29) is 30.8 Å². The van der Waals surface area contributed by atoms with Gasteiger partial charge in [-0.1, -0.05) is 0 Å². The van der Waals surface area contributed by atoms with Crippen LogP contribution in [-0.4, -0.2) is 39.5 Å². The summed E-state index contributed by atoms with van der Waals surface area (Å²) in [7, 11) is 0. The smallest absolute Gasteiger partial charge is 0.282 e. The van der Waals surface area contributed by atoms with Crippen LogP contribution in [0.15, 0.2) is 12.5 Å². The summed E-state index contributed by atoms with van der Waals surface area (Å²) >= 11 is 0. The molecular formula is C14H17F2N3O2. The topological polar surface area (TPSA) is 67.0 Å². The second kappa shape index (κ2) is 3.82. The summed E-state index contributed by atoms with van der Waals surface area (Å²) in [6, 6.07) is 0. The Morgan fingerprint density at radius 2 is 2.33 bits per heavy atom. The van der Waals surface area contributed by atoms with E-state index in [0.717, 1.165) is 12.1 Å². The third kappa shape index (κ3) is 1.70. The SMILES string of the molecule is CC1(NC(=O)[C@@H]2C[C@H]2c2cnc[nH]2)CCOC12CC2(F)F. The largest absolute Gasteiger partial charge is 0.366 e. The van der Waals surface area contributed by atoms with Crippen molar-refractivity contribution < 1.29 is 18.3 Å². The number of aromatic nitrogens is 2. The van der Waals surface area contributed by atoms with Gasteiger partial charge in [0, 0.05) is 23.7 Å². The van der Waals surface area contributed by atoms with Gasteiger partial charge < -0.3 is 15.0 Å². The van der Waals surface area contributed by atoms with E-state index >= 15 is 0 Å². The zero-order chi connectivity index (χ0) is 14.9. The molecule has 2 saturated carbocycles. The first-order valence-corrected chi connectivity index (χ1v) is 7.21. The minimum absolute atomic E-state index is 0.120. The maximum absolute atomic E-state index is 13.7. The third-order valence-electron chi connectivity index (χ3n) is 5.22. The molecule has 2 heterocycles. The van der Waals surface area contributed by atoms with Crippen molar-refractivity contribution in [3.8, 4) is 0 Å². The molecule has 2 aliphatic carbocycles. The Hall–Kier alpha value is -1.50. The first-order chi connectivity index (χ1) is 9.89. The van der Waals surface area contributed by atoms with Gasteiger partial charge in [-0.2, -0.15) is 0 Å². The molecule has 1 saturated heterocycles. The number of halogens is 2. The lowest BCUT2D eigenvalue weighted by atomic mass is 9.90. The summed E-state index contributed by atoms with van der Waals surface area (Å²) in [5, 5.41) is 2.84. The number of H-pyrrole nitrogens is 1. The molecule has 3 fully saturated rings. The Morgan fingerprint density at radius 1 is 1.57 bits per heavy atom. The van der Waals surface area contributed by atoms with Gasteiger partial charge in [0.2, 0.25) is 5.91 Å². The Morgan fingerprint density at radius 3 is 2.95 bits per heavy atom. The molecule has 4 rings (SSSR count). The number of alkyl halides is 2. The van der Waals surface area contributed by atoms with Crippen LogP contribution in [0.3, 0.4) is 0 Å². The van der Waals surface area contributed by atoms with Crippen LogP contribution in [0, 0.1) is 5.92 Å². The highest BCUT2D eigenvalue weighted by atomic mass is 19.3. The molecule has 7 heteroatoms. The first kappa shape index (κ1) is 13.2. The standard InChI is InChI=1S/C14H17F2N3O2/c1-12(2-3-21-13(12)6-14(13,15)16)19-11(20)9-4-8(9)10-5-17-7-18-10/h5,7-9H,2-4,6H2,1H3,(H,17,18)(H,19,20)/t8-,9-,12?,13?/m1/s1. The number of rotatable bonds is 3. The number of carbonyl (C=O) groups is 1. The fourth-order valence-corrected chi connectivity index (χ4v) is 3.64. The minimum atomic E-state index is -2.84. The van der Waals surface area contributed by atoms with Crippen molar-refractivity contribution in [3.63, 3.8) is 0 Å². The van der Waals surface area contributed by atoms with Crippen molar-refractivity contribution in [1.82, 2.24) is 15.3 Å². The molecule has 114 valence electrons. The van der Waals surface area contributed by atoms with Gasteiger partial charge >= 0.3 is 0 Å². The Kier molecular flexibility index (Phi) is 2.40. The van der Waals surface area contributed by atoms with E-state index in [9.17, 15) is 13.6 Å². The molecule has 1 amide bonds. The van der Waals surface area contributed by atoms with Gasteiger partial charge in [0.05, 0.1) is 24.9 Å². The summed E-state index contributed by atoms with van der Waals surface area (Å²) in [5.41, 5.74) is -1.54. The molecule has 21 heavy (non-hydrogen) atoms. The Bertz CT molecular complexity index is 587. The van der Waals surface area contributed by atoms with Crippen molar-refractivity contribution in [2.75, 3.05) is 6.61 Å². The zero-order valence-corrected chi connectivity index (χ0v) is 11.7. The third-order valence-corrected chi connectivity index (χ3v) is 5.22. The van der Waals surface area contributed by atoms with Crippen LogP contribution in [-0.2, 0) is 9.53 Å². The number of nitrogens with zero attached hydrogens (tertiary/aromatic N) is 1. The second-order valence-corrected chi connectivity index (χ2v) is 6.58. The molecule has 2 N–H and O–H groups in total. The van der Waals surface area contributed by atoms with Crippen LogP contribution in [0.25, 0.3) is 0 Å². The molecule has 2 unspecified atom stereocenters. The lowest BCUT2D eigenvalue weighted by Crippen LogP contribution is -2.56. The quantitative estimate of drug-likeness (QED) is 0.890. The van der Waals surface area contributed by atoms with E-state index in [2.05, 4.69) is 15.3 Å². The van der Waals surface area contributed by atoms with Gasteiger partial charge in [0.15, 0.2) is 5.60 Å². The highest BCUT2D eigenvalue weighted by Gasteiger charge is 2.82. The predicted molar refractivity (Wildman–Crippen MR) is 68.8 cm³/mol. The van der Waals surface area contributed by atoms with Gasteiger partial charge in [-0.25, -0.2) is 13.8 Å². The molecule has 4 atom stereocenters. The second-order valence-electron chi connectivity index (χ2n) is 6.58. The maximum Gasteiger partial charge on any atom is 0.282 e. The van der Waals surface area contributed by atoms with Gasteiger partial charge in [-0.05, 0) is 19.8 Å². The van der Waals surface area contributed by atoms with E-state index in [0.29, 0.717) is 6.42 Å². The van der Waals surface area contributed by atoms with Gasteiger partial charge in [-0.3, -0.25) is 4.79 Å². The molecule has 3 aliphatic rings. The monoisotopic (exact) mass is 297 g/mol. The van der Waals surface area contributed by atoms with Crippen LogP contribution in [0.5, 0.6) is 0 Å². The van der Waals surface area contributed by atoms with E-state index < -0.39 is 17.1 Å². The summed E-state index contributed by atoms with van der Waals surface area (Å²) < 4.78 is 32.6. The normalized spacial score (nSPS) is 43.0. The number of ether oxygens (including phenoxy) is 1. The average Bonchev–Trinajstić information content (AvgIpc) is 3.16. The number of nitrogens with one attached hydrogen (secondary N) is 2. The summed E-state index contributed by atoms with van der Waals surface area (Å²) in [4.78, 5) is 19.3. The Balaban J connectivity index is 1.46. The lowest BCUT2D eigenvalue weighted by molar-refractivity contribution is -0.126. The van der Waals surface area contributed by atoms with Crippen LogP contribution in [0.4, 0.5) is 8.78 Å². The fraction of sp³-hybridized carbons (Fsp3) is 0.714. The number of aromatic amines is 1. The number of hydrogen-bond donors (Lipinski definition) is 2. The number of amides is 1. The van der Waals surface area contributed by atoms with Crippen molar-refractivity contribution in [1.29, 1.82) is 0 Å². The van der Waals surface area contributed by atoms with E-state index in [1.807, 2.05) is 0 Å². The molecule has 0 radical (unpaired) electrons. The zero-order valence-electron chi connectivity index (χ0n) is 11.7. The molecular weight excluding hydrogens is 280 g/mol. The van der Waals surface area contributed by atoms with Crippen LogP contribution in [0.2, 0.25) is 0 Å². The van der Waals surface area contributed by atoms with Crippen LogP contribution in [0.1, 0.15) is 37.8 Å². The van der Waals surface area contributed by atoms with Gasteiger partial charge in [0.25, 0.3) is 5.92 Å². The highest BCUT2D eigenvalue weighted by molar-refractivity contribution is 5.83. The maximum atomic E-state index is 13.7.